The van der Waals surface area contributed by atoms with Crippen LogP contribution in [0.1, 0.15) is 11.1 Å². The van der Waals surface area contributed by atoms with Crippen LogP contribution < -0.4 is 9.47 Å². The van der Waals surface area contributed by atoms with Crippen molar-refractivity contribution >= 4 is 46.2 Å². The minimum absolute atomic E-state index is 0.0653. The summed E-state index contributed by atoms with van der Waals surface area (Å²) in [4.78, 5) is 20.8. The van der Waals surface area contributed by atoms with Gasteiger partial charge in [0.05, 0.1) is 22.9 Å². The lowest BCUT2D eigenvalue weighted by Crippen LogP contribution is -2.53. The first-order valence-electron chi connectivity index (χ1n) is 9.86. The van der Waals surface area contributed by atoms with Gasteiger partial charge in [-0.15, -0.1) is 0 Å². The molecule has 0 N–H and O–H groups in total. The topological polar surface area (TPSA) is 111 Å². The molecule has 3 aromatic carbocycles. The Morgan fingerprint density at radius 3 is 1.35 bits per heavy atom. The SMILES string of the molecule is O=[N+]([O-])c1ccc(OC(=S)N2Cc3ccccc3CN2C(=S)Oc2ccc([N+](=O)[O-])cc2)cc1. The highest BCUT2D eigenvalue weighted by Crippen LogP contribution is 2.26. The van der Waals surface area contributed by atoms with Gasteiger partial charge in [0.1, 0.15) is 11.5 Å². The van der Waals surface area contributed by atoms with E-state index in [1.165, 1.54) is 48.5 Å². The summed E-state index contributed by atoms with van der Waals surface area (Å²) in [5, 5.41) is 25.2. The van der Waals surface area contributed by atoms with E-state index in [2.05, 4.69) is 0 Å². The van der Waals surface area contributed by atoms with Crippen LogP contribution in [0.4, 0.5) is 11.4 Å². The number of nitro benzene ring substituents is 2. The summed E-state index contributed by atoms with van der Waals surface area (Å²) in [6.45, 7) is 0.706. The number of thiocarbonyl (C=S) groups is 2. The third-order valence-corrected chi connectivity index (χ3v) is 5.57. The van der Waals surface area contributed by atoms with Crippen molar-refractivity contribution in [3.8, 4) is 11.5 Å². The van der Waals surface area contributed by atoms with Crippen LogP contribution in [0.2, 0.25) is 0 Å². The van der Waals surface area contributed by atoms with E-state index in [4.69, 9.17) is 33.9 Å². The van der Waals surface area contributed by atoms with Gasteiger partial charge in [-0.25, -0.2) is 10.0 Å². The van der Waals surface area contributed by atoms with Crippen molar-refractivity contribution in [2.45, 2.75) is 13.1 Å². The zero-order valence-corrected chi connectivity index (χ0v) is 19.0. The van der Waals surface area contributed by atoms with E-state index in [0.29, 0.717) is 24.6 Å². The highest BCUT2D eigenvalue weighted by Gasteiger charge is 2.30. The largest absolute Gasteiger partial charge is 0.431 e. The molecule has 172 valence electrons. The van der Waals surface area contributed by atoms with Crippen molar-refractivity contribution in [2.24, 2.45) is 0 Å². The maximum atomic E-state index is 10.9. The summed E-state index contributed by atoms with van der Waals surface area (Å²) in [6.07, 6.45) is 0. The molecule has 0 saturated carbocycles. The van der Waals surface area contributed by atoms with Gasteiger partial charge in [0.25, 0.3) is 21.7 Å². The third kappa shape index (κ3) is 5.08. The summed E-state index contributed by atoms with van der Waals surface area (Å²) in [5.74, 6) is 0.660. The van der Waals surface area contributed by atoms with Gasteiger partial charge in [0.2, 0.25) is 0 Å². The number of nitrogens with zero attached hydrogens (tertiary/aromatic N) is 4. The lowest BCUT2D eigenvalue weighted by Gasteiger charge is -2.40. The number of hydrazine groups is 1. The Kier molecular flexibility index (Phi) is 6.61. The van der Waals surface area contributed by atoms with Crippen molar-refractivity contribution in [1.82, 2.24) is 10.0 Å². The molecule has 10 nitrogen and oxygen atoms in total. The molecule has 0 bridgehead atoms. The van der Waals surface area contributed by atoms with Gasteiger partial charge >= 0.3 is 0 Å². The lowest BCUT2D eigenvalue weighted by atomic mass is 10.1. The number of hydrogen-bond donors (Lipinski definition) is 0. The predicted octanol–water partition coefficient (Wildman–Crippen LogP) is 4.76. The average Bonchev–Trinajstić information content (AvgIpc) is 2.83. The fourth-order valence-corrected chi connectivity index (χ4v) is 3.78. The second-order valence-corrected chi connectivity index (χ2v) is 7.82. The van der Waals surface area contributed by atoms with Gasteiger partial charge in [-0.2, -0.15) is 0 Å². The van der Waals surface area contributed by atoms with E-state index in [1.807, 2.05) is 24.3 Å². The molecule has 0 saturated heterocycles. The number of hydrogen-bond acceptors (Lipinski definition) is 8. The summed E-state index contributed by atoms with van der Waals surface area (Å²) in [6, 6.07) is 18.9. The molecule has 4 rings (SSSR count). The van der Waals surface area contributed by atoms with E-state index in [9.17, 15) is 20.2 Å². The van der Waals surface area contributed by atoms with Crippen LogP contribution in [0.15, 0.2) is 72.8 Å². The molecule has 0 fully saturated rings. The first kappa shape index (κ1) is 23.0. The monoisotopic (exact) mass is 496 g/mol. The highest BCUT2D eigenvalue weighted by atomic mass is 32.1. The standard InChI is InChI=1S/C22H16N4O6S2/c27-25(28)17-5-9-19(10-6-17)31-21(33)23-13-15-3-1-2-4-16(15)14-24(23)22(34)32-20-11-7-18(8-12-20)26(29)30/h1-12H,13-14H2. The number of ether oxygens (including phenoxy) is 2. The van der Waals surface area contributed by atoms with E-state index in [-0.39, 0.29) is 21.7 Å². The Morgan fingerprint density at radius 1 is 0.676 bits per heavy atom. The van der Waals surface area contributed by atoms with Gasteiger partial charge in [0, 0.05) is 24.3 Å². The number of non-ortho nitro benzene ring substituents is 2. The molecule has 0 atom stereocenters. The van der Waals surface area contributed by atoms with Gasteiger partial charge in [-0.1, -0.05) is 24.3 Å². The Hall–Kier alpha value is -4.16. The summed E-state index contributed by atoms with van der Waals surface area (Å²) >= 11 is 11.0. The fraction of sp³-hybridized carbons (Fsp3) is 0.0909. The Bertz CT molecular complexity index is 1170. The fourth-order valence-electron chi connectivity index (χ4n) is 3.26. The van der Waals surface area contributed by atoms with Crippen LogP contribution in [-0.4, -0.2) is 30.2 Å². The lowest BCUT2D eigenvalue weighted by molar-refractivity contribution is -0.385. The van der Waals surface area contributed by atoms with E-state index < -0.39 is 9.85 Å². The molecule has 12 heteroatoms. The maximum absolute atomic E-state index is 10.9. The Labute approximate surface area is 204 Å². The first-order valence-corrected chi connectivity index (χ1v) is 10.7. The summed E-state index contributed by atoms with van der Waals surface area (Å²) < 4.78 is 11.6. The normalized spacial score (nSPS) is 12.5. The van der Waals surface area contributed by atoms with Crippen LogP contribution in [0.3, 0.4) is 0 Å². The average molecular weight is 497 g/mol. The molecule has 0 aromatic heterocycles. The van der Waals surface area contributed by atoms with Crippen molar-refractivity contribution in [3.05, 3.63) is 104 Å². The number of nitro groups is 2. The number of benzene rings is 3. The summed E-state index contributed by atoms with van der Waals surface area (Å²) in [5.41, 5.74) is 1.91. The molecule has 0 spiro atoms. The van der Waals surface area contributed by atoms with Gasteiger partial charge < -0.3 is 9.47 Å². The second-order valence-electron chi connectivity index (χ2n) is 7.12. The molecule has 34 heavy (non-hydrogen) atoms. The molecular weight excluding hydrogens is 480 g/mol. The molecule has 0 unspecified atom stereocenters. The highest BCUT2D eigenvalue weighted by molar-refractivity contribution is 7.80. The molecule has 1 heterocycles. The zero-order valence-electron chi connectivity index (χ0n) is 17.4. The molecular formula is C22H16N4O6S2. The Balaban J connectivity index is 1.55. The molecule has 0 amide bonds. The van der Waals surface area contributed by atoms with E-state index in [1.54, 1.807) is 10.0 Å². The molecule has 3 aromatic rings. The summed E-state index contributed by atoms with van der Waals surface area (Å²) in [7, 11) is 0. The number of rotatable bonds is 4. The van der Waals surface area contributed by atoms with Gasteiger partial charge in [0.15, 0.2) is 0 Å². The van der Waals surface area contributed by atoms with Crippen molar-refractivity contribution in [2.75, 3.05) is 0 Å². The van der Waals surface area contributed by atoms with Crippen LogP contribution in [0.25, 0.3) is 0 Å². The molecule has 1 aliphatic heterocycles. The van der Waals surface area contributed by atoms with Crippen LogP contribution in [0, 0.1) is 20.2 Å². The molecule has 0 radical (unpaired) electrons. The van der Waals surface area contributed by atoms with Crippen LogP contribution in [0.5, 0.6) is 11.5 Å². The Morgan fingerprint density at radius 2 is 1.03 bits per heavy atom. The van der Waals surface area contributed by atoms with Crippen molar-refractivity contribution in [3.63, 3.8) is 0 Å². The van der Waals surface area contributed by atoms with Crippen molar-refractivity contribution < 1.29 is 19.3 Å². The van der Waals surface area contributed by atoms with Crippen LogP contribution >= 0.6 is 24.4 Å². The molecule has 0 aliphatic carbocycles. The number of fused-ring (bicyclic) bond motifs is 1. The second kappa shape index (κ2) is 9.77. The smallest absolute Gasteiger partial charge is 0.284 e. The van der Waals surface area contributed by atoms with Gasteiger partial charge in [-0.05, 0) is 59.8 Å². The third-order valence-electron chi connectivity index (χ3n) is 4.98. The first-order chi connectivity index (χ1) is 16.3. The van der Waals surface area contributed by atoms with Crippen LogP contribution in [-0.2, 0) is 13.1 Å². The van der Waals surface area contributed by atoms with Gasteiger partial charge in [-0.3, -0.25) is 20.2 Å². The maximum Gasteiger partial charge on any atom is 0.284 e. The predicted molar refractivity (Wildman–Crippen MR) is 130 cm³/mol. The van der Waals surface area contributed by atoms with E-state index in [0.717, 1.165) is 11.1 Å². The van der Waals surface area contributed by atoms with E-state index >= 15 is 0 Å². The zero-order chi connectivity index (χ0) is 24.2. The quantitative estimate of drug-likeness (QED) is 0.285. The minimum Gasteiger partial charge on any atom is -0.431 e. The minimum atomic E-state index is -0.501. The molecule has 1 aliphatic rings. The van der Waals surface area contributed by atoms with Crippen molar-refractivity contribution in [1.29, 1.82) is 0 Å².